The summed E-state index contributed by atoms with van der Waals surface area (Å²) in [5.41, 5.74) is 1.02. The summed E-state index contributed by atoms with van der Waals surface area (Å²) in [6.45, 7) is 2.23. The van der Waals surface area contributed by atoms with Crippen molar-refractivity contribution in [2.45, 2.75) is 18.6 Å². The van der Waals surface area contributed by atoms with Crippen LogP contribution in [-0.4, -0.2) is 45.9 Å². The number of amides is 2. The van der Waals surface area contributed by atoms with Crippen LogP contribution in [0.5, 0.6) is 11.5 Å². The van der Waals surface area contributed by atoms with E-state index in [2.05, 4.69) is 10.3 Å². The number of halogens is 2. The molecule has 1 atom stereocenters. The van der Waals surface area contributed by atoms with Crippen LogP contribution in [0.3, 0.4) is 0 Å². The number of phenolic OH excluding ortho intramolecular Hbond substituents is 1. The summed E-state index contributed by atoms with van der Waals surface area (Å²) in [4.78, 5) is 31.1. The summed E-state index contributed by atoms with van der Waals surface area (Å²) >= 11 is 13.1. The molecule has 0 spiro atoms. The second-order valence-corrected chi connectivity index (χ2v) is 8.31. The molecule has 0 radical (unpaired) electrons. The summed E-state index contributed by atoms with van der Waals surface area (Å²) < 4.78 is 5.09. The smallest absolute Gasteiger partial charge is 0.242 e. The zero-order valence-corrected chi connectivity index (χ0v) is 18.5. The van der Waals surface area contributed by atoms with Crippen molar-refractivity contribution in [2.75, 3.05) is 19.0 Å². The minimum Gasteiger partial charge on any atom is -0.505 e. The van der Waals surface area contributed by atoms with Crippen LogP contribution in [-0.2, 0) is 9.59 Å². The number of thioether (sulfide) groups is 1. The Morgan fingerprint density at radius 2 is 1.90 bits per heavy atom. The molecule has 1 aliphatic heterocycles. The molecule has 0 saturated carbocycles. The highest BCUT2D eigenvalue weighted by Crippen LogP contribution is 2.38. The zero-order chi connectivity index (χ0) is 21.8. The van der Waals surface area contributed by atoms with Crippen LogP contribution in [0.4, 0.5) is 11.4 Å². The third-order valence-corrected chi connectivity index (χ3v) is 6.06. The van der Waals surface area contributed by atoms with Crippen LogP contribution in [0.25, 0.3) is 0 Å². The number of hydrogen-bond donors (Lipinski definition) is 2. The monoisotopic (exact) mass is 467 g/mol. The quantitative estimate of drug-likeness (QED) is 0.642. The summed E-state index contributed by atoms with van der Waals surface area (Å²) in [5, 5.41) is 12.5. The van der Waals surface area contributed by atoms with Gasteiger partial charge in [0.2, 0.25) is 11.8 Å². The molecule has 158 valence electrons. The van der Waals surface area contributed by atoms with E-state index in [1.165, 1.54) is 28.8 Å². The van der Waals surface area contributed by atoms with Crippen LogP contribution >= 0.6 is 35.0 Å². The van der Waals surface area contributed by atoms with E-state index in [9.17, 15) is 14.7 Å². The van der Waals surface area contributed by atoms with Gasteiger partial charge in [0.1, 0.15) is 11.0 Å². The second-order valence-electron chi connectivity index (χ2n) is 6.32. The van der Waals surface area contributed by atoms with Gasteiger partial charge >= 0.3 is 0 Å². The van der Waals surface area contributed by atoms with E-state index in [0.29, 0.717) is 28.8 Å². The lowest BCUT2D eigenvalue weighted by Gasteiger charge is -2.13. The Hall–Kier alpha value is -2.42. The highest BCUT2D eigenvalue weighted by Gasteiger charge is 2.38. The number of phenols is 1. The standard InChI is InChI=1S/C20H19Cl2N3O4S/c1-3-25-19(28)16(10-17(26)23-11-4-6-13(29-2)7-5-11)30-20(25)24-12-8-14(21)18(27)15(22)9-12/h4-9,16,27H,3,10H2,1-2H3,(H,23,26)/t16-/m1/s1. The maximum atomic E-state index is 12.7. The molecular formula is C20H19Cl2N3O4S. The number of methoxy groups -OCH3 is 1. The first kappa shape index (κ1) is 22.3. The normalized spacial score (nSPS) is 17.5. The number of nitrogens with zero attached hydrogens (tertiary/aromatic N) is 2. The fourth-order valence-electron chi connectivity index (χ4n) is 2.80. The Morgan fingerprint density at radius 1 is 1.27 bits per heavy atom. The van der Waals surface area contributed by atoms with Crippen LogP contribution in [0.1, 0.15) is 13.3 Å². The molecule has 1 saturated heterocycles. The van der Waals surface area contributed by atoms with E-state index in [-0.39, 0.29) is 34.0 Å². The number of hydrogen-bond acceptors (Lipinski definition) is 6. The highest BCUT2D eigenvalue weighted by molar-refractivity contribution is 8.15. The molecule has 0 unspecified atom stereocenters. The lowest BCUT2D eigenvalue weighted by atomic mass is 10.2. The van der Waals surface area contributed by atoms with Crippen LogP contribution in [0, 0.1) is 0 Å². The predicted molar refractivity (Wildman–Crippen MR) is 120 cm³/mol. The average Bonchev–Trinajstić information content (AvgIpc) is 3.00. The molecule has 2 N–H and O–H groups in total. The molecule has 1 aliphatic rings. The molecule has 0 aliphatic carbocycles. The molecule has 0 aromatic heterocycles. The maximum Gasteiger partial charge on any atom is 0.242 e. The number of rotatable bonds is 6. The first-order valence-corrected chi connectivity index (χ1v) is 10.6. The SMILES string of the molecule is CCN1C(=O)[C@@H](CC(=O)Nc2ccc(OC)cc2)SC1=Nc1cc(Cl)c(O)c(Cl)c1. The highest BCUT2D eigenvalue weighted by atomic mass is 35.5. The third kappa shape index (κ3) is 5.00. The number of aliphatic imine (C=N–C) groups is 1. The van der Waals surface area contributed by atoms with Gasteiger partial charge < -0.3 is 15.2 Å². The van der Waals surface area contributed by atoms with Gasteiger partial charge in [0.25, 0.3) is 0 Å². The van der Waals surface area contributed by atoms with E-state index < -0.39 is 5.25 Å². The first-order chi connectivity index (χ1) is 14.3. The molecular weight excluding hydrogens is 449 g/mol. The number of carbonyl (C=O) groups excluding carboxylic acids is 2. The molecule has 2 aromatic carbocycles. The van der Waals surface area contributed by atoms with Gasteiger partial charge in [-0.15, -0.1) is 0 Å². The minimum atomic E-state index is -0.593. The number of aromatic hydroxyl groups is 1. The van der Waals surface area contributed by atoms with Gasteiger partial charge in [0, 0.05) is 18.7 Å². The van der Waals surface area contributed by atoms with Crippen molar-refractivity contribution in [1.82, 2.24) is 4.90 Å². The zero-order valence-electron chi connectivity index (χ0n) is 16.2. The molecule has 7 nitrogen and oxygen atoms in total. The van der Waals surface area contributed by atoms with E-state index >= 15 is 0 Å². The number of benzene rings is 2. The van der Waals surface area contributed by atoms with Crippen LogP contribution in [0.2, 0.25) is 10.0 Å². The van der Waals surface area contributed by atoms with Gasteiger partial charge in [-0.2, -0.15) is 0 Å². The number of ether oxygens (including phenoxy) is 1. The van der Waals surface area contributed by atoms with Gasteiger partial charge in [0.15, 0.2) is 10.9 Å². The van der Waals surface area contributed by atoms with Crippen molar-refractivity contribution in [3.8, 4) is 11.5 Å². The van der Waals surface area contributed by atoms with Crippen molar-refractivity contribution < 1.29 is 19.4 Å². The van der Waals surface area contributed by atoms with Crippen LogP contribution < -0.4 is 10.1 Å². The summed E-state index contributed by atoms with van der Waals surface area (Å²) in [5.74, 6) is -0.0117. The van der Waals surface area contributed by atoms with E-state index in [0.717, 1.165) is 0 Å². The lowest BCUT2D eigenvalue weighted by molar-refractivity contribution is -0.128. The Morgan fingerprint density at radius 3 is 2.47 bits per heavy atom. The third-order valence-electron chi connectivity index (χ3n) is 4.31. The molecule has 1 fully saturated rings. The maximum absolute atomic E-state index is 12.7. The van der Waals surface area contributed by atoms with Crippen molar-refractivity contribution in [1.29, 1.82) is 0 Å². The second kappa shape index (κ2) is 9.59. The summed E-state index contributed by atoms with van der Waals surface area (Å²) in [7, 11) is 1.56. The Kier molecular flexibility index (Phi) is 7.12. The topological polar surface area (TPSA) is 91.2 Å². The Labute approximate surface area is 188 Å². The van der Waals surface area contributed by atoms with Gasteiger partial charge in [0.05, 0.1) is 22.8 Å². The average molecular weight is 468 g/mol. The first-order valence-electron chi connectivity index (χ1n) is 9.01. The summed E-state index contributed by atoms with van der Waals surface area (Å²) in [6, 6.07) is 9.84. The molecule has 2 aromatic rings. The van der Waals surface area contributed by atoms with Crippen molar-refractivity contribution in [3.63, 3.8) is 0 Å². The van der Waals surface area contributed by atoms with E-state index in [1.54, 1.807) is 31.4 Å². The van der Waals surface area contributed by atoms with E-state index in [1.807, 2.05) is 6.92 Å². The largest absolute Gasteiger partial charge is 0.505 e. The molecule has 2 amide bonds. The van der Waals surface area contributed by atoms with Crippen molar-refractivity contribution in [2.24, 2.45) is 4.99 Å². The van der Waals surface area contributed by atoms with Gasteiger partial charge in [-0.05, 0) is 43.3 Å². The van der Waals surface area contributed by atoms with Crippen molar-refractivity contribution >= 4 is 63.3 Å². The van der Waals surface area contributed by atoms with Crippen LogP contribution in [0.15, 0.2) is 41.4 Å². The fraction of sp³-hybridized carbons (Fsp3) is 0.250. The van der Waals surface area contributed by atoms with Gasteiger partial charge in [-0.3, -0.25) is 14.5 Å². The Bertz CT molecular complexity index is 975. The van der Waals surface area contributed by atoms with Crippen molar-refractivity contribution in [3.05, 3.63) is 46.4 Å². The Balaban J connectivity index is 1.72. The molecule has 1 heterocycles. The predicted octanol–water partition coefficient (Wildman–Crippen LogP) is 4.69. The van der Waals surface area contributed by atoms with E-state index in [4.69, 9.17) is 27.9 Å². The number of carbonyl (C=O) groups is 2. The number of amidine groups is 1. The van der Waals surface area contributed by atoms with Gasteiger partial charge in [-0.1, -0.05) is 35.0 Å². The molecule has 10 heteroatoms. The number of anilines is 1. The number of nitrogens with one attached hydrogen (secondary N) is 1. The summed E-state index contributed by atoms with van der Waals surface area (Å²) in [6.07, 6.45) is 0.00212. The lowest BCUT2D eigenvalue weighted by Crippen LogP contribution is -2.33. The molecule has 0 bridgehead atoms. The minimum absolute atomic E-state index is 0.00212. The molecule has 30 heavy (non-hydrogen) atoms. The fourth-order valence-corrected chi connectivity index (χ4v) is 4.50. The molecule has 3 rings (SSSR count). The van der Waals surface area contributed by atoms with Gasteiger partial charge in [-0.25, -0.2) is 4.99 Å².